The molecule has 0 radical (unpaired) electrons. The second-order valence-corrected chi connectivity index (χ2v) is 9.63. The van der Waals surface area contributed by atoms with Gasteiger partial charge in [-0.1, -0.05) is 42.5 Å². The standard InChI is InChI=1S/C17H16IN2O.C7H8O3S/c1-3-20-15-11-13(18)9-10-16(15)21-17(20)12(2)19-14-7-5-4-6-8-14;1-6-2-4-7(5-3-6)11(8,9)10/h4-11,19H,2-3H2,1H3;2-5H,1H3,(H,8,9,10)/q+1;/p-1. The van der Waals surface area contributed by atoms with E-state index in [9.17, 15) is 13.0 Å². The van der Waals surface area contributed by atoms with Crippen LogP contribution in [0.3, 0.4) is 0 Å². The summed E-state index contributed by atoms with van der Waals surface area (Å²) in [6, 6.07) is 21.9. The largest absolute Gasteiger partial charge is 0.744 e. The lowest BCUT2D eigenvalue weighted by Gasteiger charge is -2.05. The summed E-state index contributed by atoms with van der Waals surface area (Å²) in [6.07, 6.45) is 0. The van der Waals surface area contributed by atoms with Crippen molar-refractivity contribution in [2.24, 2.45) is 0 Å². The molecular weight excluding hydrogens is 539 g/mol. The van der Waals surface area contributed by atoms with Gasteiger partial charge in [-0.05, 0) is 72.8 Å². The van der Waals surface area contributed by atoms with E-state index in [1.165, 1.54) is 15.7 Å². The molecular formula is C24H23IN2O4S. The van der Waals surface area contributed by atoms with Crippen molar-refractivity contribution < 1.29 is 22.0 Å². The molecule has 1 heterocycles. The monoisotopic (exact) mass is 562 g/mol. The molecule has 0 aliphatic rings. The fourth-order valence-corrected chi connectivity index (χ4v) is 3.99. The quantitative estimate of drug-likeness (QED) is 0.202. The third-order valence-electron chi connectivity index (χ3n) is 4.62. The summed E-state index contributed by atoms with van der Waals surface area (Å²) in [6.45, 7) is 8.88. The third kappa shape index (κ3) is 5.96. The summed E-state index contributed by atoms with van der Waals surface area (Å²) in [5, 5.41) is 3.30. The molecule has 0 amide bonds. The molecule has 1 aromatic heterocycles. The summed E-state index contributed by atoms with van der Waals surface area (Å²) in [7, 11) is -4.27. The van der Waals surface area contributed by atoms with E-state index >= 15 is 0 Å². The zero-order valence-electron chi connectivity index (χ0n) is 17.7. The second-order valence-electron chi connectivity index (χ2n) is 7.00. The number of hydrogen-bond donors (Lipinski definition) is 1. The van der Waals surface area contributed by atoms with E-state index in [-0.39, 0.29) is 4.90 Å². The summed E-state index contributed by atoms with van der Waals surface area (Å²) in [5.74, 6) is 0.762. The number of fused-ring (bicyclic) bond motifs is 1. The normalized spacial score (nSPS) is 11.0. The van der Waals surface area contributed by atoms with E-state index in [1.54, 1.807) is 12.1 Å². The summed E-state index contributed by atoms with van der Waals surface area (Å²) >= 11 is 2.31. The molecule has 0 saturated carbocycles. The SMILES string of the molecule is C=C(Nc1ccccc1)c1oc2ccc(I)cc2[n+]1CC.Cc1ccc(S(=O)(=O)[O-])cc1. The maximum absolute atomic E-state index is 10.4. The average Bonchev–Trinajstić information content (AvgIpc) is 3.12. The van der Waals surface area contributed by atoms with Gasteiger partial charge in [-0.15, -0.1) is 0 Å². The molecule has 0 aliphatic heterocycles. The van der Waals surface area contributed by atoms with Gasteiger partial charge in [-0.25, -0.2) is 8.42 Å². The lowest BCUT2D eigenvalue weighted by molar-refractivity contribution is -0.675. The lowest BCUT2D eigenvalue weighted by Crippen LogP contribution is -2.35. The molecule has 0 atom stereocenters. The minimum Gasteiger partial charge on any atom is -0.744 e. The van der Waals surface area contributed by atoms with Crippen molar-refractivity contribution in [3.63, 3.8) is 0 Å². The van der Waals surface area contributed by atoms with Gasteiger partial charge in [0.25, 0.3) is 5.52 Å². The Bertz CT molecular complexity index is 1330. The molecule has 0 fully saturated rings. The van der Waals surface area contributed by atoms with E-state index in [1.807, 2.05) is 49.4 Å². The molecule has 0 saturated heterocycles. The van der Waals surface area contributed by atoms with Gasteiger partial charge >= 0.3 is 5.89 Å². The van der Waals surface area contributed by atoms with Crippen molar-refractivity contribution in [2.75, 3.05) is 5.32 Å². The molecule has 0 spiro atoms. The molecule has 0 bridgehead atoms. The molecule has 3 aromatic carbocycles. The highest BCUT2D eigenvalue weighted by Gasteiger charge is 2.24. The van der Waals surface area contributed by atoms with Crippen LogP contribution in [0.25, 0.3) is 16.8 Å². The van der Waals surface area contributed by atoms with Gasteiger partial charge in [0.05, 0.1) is 4.90 Å². The number of anilines is 1. The van der Waals surface area contributed by atoms with Gasteiger partial charge < -0.3 is 14.3 Å². The Morgan fingerprint density at radius 1 is 1.09 bits per heavy atom. The average molecular weight is 562 g/mol. The first-order valence-corrected chi connectivity index (χ1v) is 12.3. The molecule has 166 valence electrons. The first-order valence-electron chi connectivity index (χ1n) is 9.85. The number of para-hydroxylation sites is 1. The molecule has 1 N–H and O–H groups in total. The van der Waals surface area contributed by atoms with Crippen molar-refractivity contribution >= 4 is 55.2 Å². The fourth-order valence-electron chi connectivity index (χ4n) is 3.05. The van der Waals surface area contributed by atoms with Gasteiger partial charge in [-0.2, -0.15) is 4.57 Å². The Morgan fingerprint density at radius 3 is 2.34 bits per heavy atom. The van der Waals surface area contributed by atoms with E-state index in [0.29, 0.717) is 0 Å². The van der Waals surface area contributed by atoms with Crippen molar-refractivity contribution in [2.45, 2.75) is 25.3 Å². The highest BCUT2D eigenvalue weighted by Crippen LogP contribution is 2.22. The number of oxazole rings is 1. The van der Waals surface area contributed by atoms with Gasteiger partial charge in [0.15, 0.2) is 0 Å². The topological polar surface area (TPSA) is 86.2 Å². The van der Waals surface area contributed by atoms with Crippen molar-refractivity contribution in [3.05, 3.63) is 94.4 Å². The number of benzene rings is 3. The summed E-state index contributed by atoms with van der Waals surface area (Å²) in [4.78, 5) is -0.178. The molecule has 32 heavy (non-hydrogen) atoms. The van der Waals surface area contributed by atoms with Crippen LogP contribution in [0.4, 0.5) is 5.69 Å². The predicted molar refractivity (Wildman–Crippen MR) is 133 cm³/mol. The van der Waals surface area contributed by atoms with E-state index in [0.717, 1.165) is 40.5 Å². The van der Waals surface area contributed by atoms with Crippen LogP contribution in [0.2, 0.25) is 0 Å². The number of nitrogens with zero attached hydrogens (tertiary/aromatic N) is 1. The highest BCUT2D eigenvalue weighted by atomic mass is 127. The van der Waals surface area contributed by atoms with Crippen LogP contribution in [0.1, 0.15) is 18.4 Å². The molecule has 6 nitrogen and oxygen atoms in total. The van der Waals surface area contributed by atoms with Crippen molar-refractivity contribution in [1.29, 1.82) is 0 Å². The van der Waals surface area contributed by atoms with Crippen LogP contribution in [-0.2, 0) is 16.7 Å². The minimum atomic E-state index is -4.27. The highest BCUT2D eigenvalue weighted by molar-refractivity contribution is 14.1. The Hall–Kier alpha value is -2.69. The number of nitrogens with one attached hydrogen (secondary N) is 1. The molecule has 0 aliphatic carbocycles. The number of halogens is 1. The number of aryl methyl sites for hydroxylation is 2. The fraction of sp³-hybridized carbons (Fsp3) is 0.125. The van der Waals surface area contributed by atoms with E-state index in [4.69, 9.17) is 4.42 Å². The zero-order valence-corrected chi connectivity index (χ0v) is 20.7. The van der Waals surface area contributed by atoms with Crippen LogP contribution < -0.4 is 9.88 Å². The first kappa shape index (κ1) is 24.0. The molecule has 8 heteroatoms. The molecule has 0 unspecified atom stereocenters. The Labute approximate surface area is 201 Å². The zero-order chi connectivity index (χ0) is 23.3. The maximum atomic E-state index is 10.4. The van der Waals surface area contributed by atoms with Gasteiger partial charge in [-0.3, -0.25) is 0 Å². The first-order chi connectivity index (χ1) is 15.2. The lowest BCUT2D eigenvalue weighted by atomic mass is 10.2. The Kier molecular flexibility index (Phi) is 7.70. The number of aromatic nitrogens is 1. The predicted octanol–water partition coefficient (Wildman–Crippen LogP) is 5.33. The smallest absolute Gasteiger partial charge is 0.397 e. The summed E-state index contributed by atoms with van der Waals surface area (Å²) in [5.41, 5.74) is 4.66. The summed E-state index contributed by atoms with van der Waals surface area (Å²) < 4.78 is 40.5. The van der Waals surface area contributed by atoms with Crippen LogP contribution in [0.5, 0.6) is 0 Å². The van der Waals surface area contributed by atoms with Gasteiger partial charge in [0.2, 0.25) is 5.58 Å². The van der Waals surface area contributed by atoms with Crippen molar-refractivity contribution in [1.82, 2.24) is 0 Å². The van der Waals surface area contributed by atoms with Crippen LogP contribution >= 0.6 is 22.6 Å². The van der Waals surface area contributed by atoms with Gasteiger partial charge in [0.1, 0.15) is 22.4 Å². The van der Waals surface area contributed by atoms with E-state index < -0.39 is 10.1 Å². The number of hydrogen-bond acceptors (Lipinski definition) is 5. The third-order valence-corrected chi connectivity index (χ3v) is 6.14. The molecule has 4 aromatic rings. The number of rotatable bonds is 5. The van der Waals surface area contributed by atoms with E-state index in [2.05, 4.69) is 52.0 Å². The maximum Gasteiger partial charge on any atom is 0.397 e. The van der Waals surface area contributed by atoms with Crippen LogP contribution in [0, 0.1) is 10.5 Å². The van der Waals surface area contributed by atoms with Crippen molar-refractivity contribution in [3.8, 4) is 0 Å². The second kappa shape index (κ2) is 10.3. The van der Waals surface area contributed by atoms with Crippen LogP contribution in [0.15, 0.2) is 88.7 Å². The Balaban J connectivity index is 0.000000222. The Morgan fingerprint density at radius 2 is 1.75 bits per heavy atom. The van der Waals surface area contributed by atoms with Crippen LogP contribution in [-0.4, -0.2) is 13.0 Å². The minimum absolute atomic E-state index is 0.178. The van der Waals surface area contributed by atoms with Gasteiger partial charge in [0, 0.05) is 15.3 Å². The molecule has 4 rings (SSSR count).